The van der Waals surface area contributed by atoms with Crippen LogP contribution in [0.4, 0.5) is 0 Å². The van der Waals surface area contributed by atoms with Gasteiger partial charge in [-0.1, -0.05) is 23.7 Å². The van der Waals surface area contributed by atoms with E-state index in [1.54, 1.807) is 6.07 Å². The number of halogens is 1. The lowest BCUT2D eigenvalue weighted by atomic mass is 10.1. The van der Waals surface area contributed by atoms with E-state index in [-0.39, 0.29) is 11.7 Å². The van der Waals surface area contributed by atoms with Crippen LogP contribution in [0.3, 0.4) is 0 Å². The summed E-state index contributed by atoms with van der Waals surface area (Å²) in [6.07, 6.45) is 1.64. The molecule has 0 aliphatic carbocycles. The molecule has 4 nitrogen and oxygen atoms in total. The Morgan fingerprint density at radius 3 is 3.05 bits per heavy atom. The fraction of sp³-hybridized carbons (Fsp3) is 0.500. The Kier molecular flexibility index (Phi) is 3.37. The lowest BCUT2D eigenvalue weighted by molar-refractivity contribution is -0.130. The average molecular weight is 281 g/mol. The van der Waals surface area contributed by atoms with E-state index in [1.807, 2.05) is 17.0 Å². The maximum atomic E-state index is 11.6. The molecule has 0 saturated carbocycles. The largest absolute Gasteiger partial charge is 0.506 e. The molecule has 0 bridgehead atoms. The predicted molar refractivity (Wildman–Crippen MR) is 73.1 cm³/mol. The Balaban J connectivity index is 1.68. The summed E-state index contributed by atoms with van der Waals surface area (Å²) in [5, 5.41) is 10.3. The van der Waals surface area contributed by atoms with Crippen molar-refractivity contribution in [1.82, 2.24) is 9.80 Å². The first-order valence-corrected chi connectivity index (χ1v) is 7.01. The second-order valence-electron chi connectivity index (χ2n) is 5.26. The van der Waals surface area contributed by atoms with Crippen molar-refractivity contribution in [3.05, 3.63) is 28.8 Å². The number of rotatable bonds is 2. The average Bonchev–Trinajstić information content (AvgIpc) is 2.76. The fourth-order valence-electron chi connectivity index (χ4n) is 3.00. The molecule has 2 saturated heterocycles. The van der Waals surface area contributed by atoms with Gasteiger partial charge in [0.05, 0.1) is 5.02 Å². The first-order chi connectivity index (χ1) is 9.15. The molecule has 19 heavy (non-hydrogen) atoms. The summed E-state index contributed by atoms with van der Waals surface area (Å²) in [7, 11) is 0. The maximum absolute atomic E-state index is 11.6. The molecule has 1 aromatic rings. The number of phenolic OH excluding ortho intramolecular Hbond substituents is 1. The van der Waals surface area contributed by atoms with Gasteiger partial charge >= 0.3 is 0 Å². The van der Waals surface area contributed by atoms with Gasteiger partial charge in [0.2, 0.25) is 5.91 Å². The van der Waals surface area contributed by atoms with Crippen molar-refractivity contribution in [2.75, 3.05) is 19.6 Å². The van der Waals surface area contributed by atoms with Crippen molar-refractivity contribution in [2.45, 2.75) is 25.4 Å². The monoisotopic (exact) mass is 280 g/mol. The molecule has 2 heterocycles. The number of hydrogen-bond donors (Lipinski definition) is 1. The molecule has 0 radical (unpaired) electrons. The van der Waals surface area contributed by atoms with Crippen LogP contribution in [0.2, 0.25) is 5.02 Å². The van der Waals surface area contributed by atoms with Gasteiger partial charge in [-0.15, -0.1) is 0 Å². The zero-order valence-corrected chi connectivity index (χ0v) is 11.4. The van der Waals surface area contributed by atoms with E-state index in [2.05, 4.69) is 4.90 Å². The SMILES string of the molecule is O=C1CCC2CN(Cc3cccc(Cl)c3O)CCN12. The Hall–Kier alpha value is -1.26. The van der Waals surface area contributed by atoms with Gasteiger partial charge in [-0.05, 0) is 12.5 Å². The van der Waals surface area contributed by atoms with Gasteiger partial charge in [0.25, 0.3) is 0 Å². The lowest BCUT2D eigenvalue weighted by Crippen LogP contribution is -2.50. The highest BCUT2D eigenvalue weighted by atomic mass is 35.5. The Labute approximate surface area is 117 Å². The molecule has 1 atom stereocenters. The zero-order valence-electron chi connectivity index (χ0n) is 10.7. The molecule has 1 unspecified atom stereocenters. The number of carbonyl (C=O) groups excluding carboxylic acids is 1. The third kappa shape index (κ3) is 2.42. The molecule has 1 N–H and O–H groups in total. The fourth-order valence-corrected chi connectivity index (χ4v) is 3.19. The normalized spacial score (nSPS) is 23.7. The second kappa shape index (κ2) is 5.02. The summed E-state index contributed by atoms with van der Waals surface area (Å²) in [5.41, 5.74) is 0.852. The minimum atomic E-state index is 0.175. The van der Waals surface area contributed by atoms with Gasteiger partial charge in [0, 0.05) is 44.2 Å². The van der Waals surface area contributed by atoms with Gasteiger partial charge < -0.3 is 10.0 Å². The van der Waals surface area contributed by atoms with Crippen molar-refractivity contribution in [3.63, 3.8) is 0 Å². The summed E-state index contributed by atoms with van der Waals surface area (Å²) in [5.74, 6) is 0.462. The standard InChI is InChI=1S/C14H17ClN2O2/c15-12-3-1-2-10(14(12)19)8-16-6-7-17-11(9-16)4-5-13(17)18/h1-3,11,19H,4-9H2. The van der Waals surface area contributed by atoms with E-state index >= 15 is 0 Å². The highest BCUT2D eigenvalue weighted by molar-refractivity contribution is 6.32. The van der Waals surface area contributed by atoms with Crippen LogP contribution in [0, 0.1) is 0 Å². The number of hydrogen-bond acceptors (Lipinski definition) is 3. The lowest BCUT2D eigenvalue weighted by Gasteiger charge is -2.37. The van der Waals surface area contributed by atoms with Gasteiger partial charge in [-0.3, -0.25) is 9.69 Å². The maximum Gasteiger partial charge on any atom is 0.222 e. The molecule has 5 heteroatoms. The molecule has 1 amide bonds. The number of para-hydroxylation sites is 1. The molecule has 0 aromatic heterocycles. The molecule has 0 spiro atoms. The molecule has 1 aromatic carbocycles. The van der Waals surface area contributed by atoms with Crippen molar-refractivity contribution < 1.29 is 9.90 Å². The first-order valence-electron chi connectivity index (χ1n) is 6.63. The summed E-state index contributed by atoms with van der Waals surface area (Å²) in [6.45, 7) is 3.22. The molecule has 2 aliphatic rings. The Morgan fingerprint density at radius 1 is 1.37 bits per heavy atom. The van der Waals surface area contributed by atoms with Gasteiger partial charge in [0.1, 0.15) is 5.75 Å². The van der Waals surface area contributed by atoms with Crippen LogP contribution in [0.5, 0.6) is 5.75 Å². The summed E-state index contributed by atoms with van der Waals surface area (Å²) in [4.78, 5) is 15.9. The quantitative estimate of drug-likeness (QED) is 0.899. The predicted octanol–water partition coefficient (Wildman–Crippen LogP) is 1.85. The van der Waals surface area contributed by atoms with Crippen molar-refractivity contribution in [1.29, 1.82) is 0 Å². The van der Waals surface area contributed by atoms with E-state index in [4.69, 9.17) is 11.6 Å². The molecule has 102 valence electrons. The van der Waals surface area contributed by atoms with Gasteiger partial charge in [-0.25, -0.2) is 0 Å². The number of benzene rings is 1. The number of fused-ring (bicyclic) bond motifs is 1. The van der Waals surface area contributed by atoms with E-state index in [9.17, 15) is 9.90 Å². The molecular weight excluding hydrogens is 264 g/mol. The van der Waals surface area contributed by atoms with Crippen LogP contribution in [0.15, 0.2) is 18.2 Å². The third-order valence-electron chi connectivity index (χ3n) is 4.04. The number of piperazine rings is 1. The van der Waals surface area contributed by atoms with Crippen LogP contribution in [-0.2, 0) is 11.3 Å². The number of amides is 1. The van der Waals surface area contributed by atoms with Crippen molar-refractivity contribution in [3.8, 4) is 5.75 Å². The van der Waals surface area contributed by atoms with Crippen molar-refractivity contribution >= 4 is 17.5 Å². The minimum absolute atomic E-state index is 0.175. The van der Waals surface area contributed by atoms with E-state index < -0.39 is 0 Å². The third-order valence-corrected chi connectivity index (χ3v) is 4.35. The number of aromatic hydroxyl groups is 1. The Morgan fingerprint density at radius 2 is 2.21 bits per heavy atom. The molecule has 3 rings (SSSR count). The molecule has 2 aliphatic heterocycles. The molecular formula is C14H17ClN2O2. The van der Waals surface area contributed by atoms with Crippen LogP contribution < -0.4 is 0 Å². The van der Waals surface area contributed by atoms with Crippen molar-refractivity contribution in [2.24, 2.45) is 0 Å². The Bertz CT molecular complexity index is 506. The number of phenols is 1. The highest BCUT2D eigenvalue weighted by Gasteiger charge is 2.35. The summed E-state index contributed by atoms with van der Waals surface area (Å²) < 4.78 is 0. The number of nitrogens with zero attached hydrogens (tertiary/aromatic N) is 2. The first kappa shape index (κ1) is 12.8. The summed E-state index contributed by atoms with van der Waals surface area (Å²) >= 11 is 5.92. The van der Waals surface area contributed by atoms with E-state index in [0.717, 1.165) is 31.6 Å². The molecule has 2 fully saturated rings. The van der Waals surface area contributed by atoms with Crippen LogP contribution in [0.1, 0.15) is 18.4 Å². The smallest absolute Gasteiger partial charge is 0.222 e. The van der Waals surface area contributed by atoms with Crippen LogP contribution >= 0.6 is 11.6 Å². The van der Waals surface area contributed by atoms with Crippen LogP contribution in [0.25, 0.3) is 0 Å². The topological polar surface area (TPSA) is 43.8 Å². The highest BCUT2D eigenvalue weighted by Crippen LogP contribution is 2.29. The van der Waals surface area contributed by atoms with Crippen LogP contribution in [-0.4, -0.2) is 46.5 Å². The zero-order chi connectivity index (χ0) is 13.4. The van der Waals surface area contributed by atoms with Gasteiger partial charge in [-0.2, -0.15) is 0 Å². The van der Waals surface area contributed by atoms with Gasteiger partial charge in [0.15, 0.2) is 0 Å². The minimum Gasteiger partial charge on any atom is -0.506 e. The van der Waals surface area contributed by atoms with E-state index in [0.29, 0.717) is 24.0 Å². The number of carbonyl (C=O) groups is 1. The summed E-state index contributed by atoms with van der Waals surface area (Å²) in [6, 6.07) is 5.79. The van der Waals surface area contributed by atoms with E-state index in [1.165, 1.54) is 0 Å². The second-order valence-corrected chi connectivity index (χ2v) is 5.67.